The first-order valence-electron chi connectivity index (χ1n) is 5.65. The van der Waals surface area contributed by atoms with Crippen molar-refractivity contribution in [3.05, 3.63) is 0 Å². The Bertz CT molecular complexity index is 348. The van der Waals surface area contributed by atoms with E-state index < -0.39 is 15.8 Å². The second-order valence-electron chi connectivity index (χ2n) is 5.02. The number of sulfonamides is 1. The van der Waals surface area contributed by atoms with Crippen LogP contribution in [0.4, 0.5) is 0 Å². The molecular formula is C10H19NO4S. The van der Waals surface area contributed by atoms with E-state index in [-0.39, 0.29) is 11.9 Å². The molecule has 5 nitrogen and oxygen atoms in total. The van der Waals surface area contributed by atoms with Gasteiger partial charge in [0.2, 0.25) is 10.0 Å². The van der Waals surface area contributed by atoms with Crippen molar-refractivity contribution in [1.29, 1.82) is 0 Å². The molecule has 0 spiro atoms. The van der Waals surface area contributed by atoms with Crippen molar-refractivity contribution in [3.8, 4) is 0 Å². The Morgan fingerprint density at radius 3 is 2.56 bits per heavy atom. The summed E-state index contributed by atoms with van der Waals surface area (Å²) >= 11 is 0. The largest absolute Gasteiger partial charge is 0.348 e. The second kappa shape index (κ2) is 4.25. The summed E-state index contributed by atoms with van der Waals surface area (Å²) < 4.78 is 36.6. The molecule has 0 aromatic rings. The lowest BCUT2D eigenvalue weighted by molar-refractivity contribution is -0.137. The van der Waals surface area contributed by atoms with Crippen LogP contribution in [0, 0.1) is 5.92 Å². The van der Waals surface area contributed by atoms with Gasteiger partial charge in [-0.05, 0) is 32.6 Å². The lowest BCUT2D eigenvalue weighted by Gasteiger charge is -2.17. The van der Waals surface area contributed by atoms with Crippen LogP contribution < -0.4 is 4.72 Å². The average Bonchev–Trinajstić information content (AvgIpc) is 2.86. The fraction of sp³-hybridized carbons (Fsp3) is 1.00. The third kappa shape index (κ3) is 3.69. The minimum absolute atomic E-state index is 0.177. The summed E-state index contributed by atoms with van der Waals surface area (Å²) in [5, 5.41) is 0. The molecule has 2 aliphatic rings. The van der Waals surface area contributed by atoms with Gasteiger partial charge in [-0.25, -0.2) is 13.1 Å². The van der Waals surface area contributed by atoms with E-state index in [2.05, 4.69) is 4.72 Å². The Labute approximate surface area is 96.5 Å². The molecular weight excluding hydrogens is 230 g/mol. The van der Waals surface area contributed by atoms with Crippen LogP contribution in [0.2, 0.25) is 0 Å². The first-order chi connectivity index (χ1) is 7.36. The van der Waals surface area contributed by atoms with Crippen LogP contribution in [0.15, 0.2) is 0 Å². The standard InChI is InChI=1S/C10H19NO4S/c1-10(2)14-6-9(15-10)5-11-16(12,13)7-8-3-4-8/h8-9,11H,3-7H2,1-2H3. The second-order valence-corrected chi connectivity index (χ2v) is 6.88. The minimum Gasteiger partial charge on any atom is -0.348 e. The fourth-order valence-electron chi connectivity index (χ4n) is 1.74. The van der Waals surface area contributed by atoms with Crippen molar-refractivity contribution in [2.24, 2.45) is 5.92 Å². The zero-order valence-corrected chi connectivity index (χ0v) is 10.5. The summed E-state index contributed by atoms with van der Waals surface area (Å²) in [6, 6.07) is 0. The van der Waals surface area contributed by atoms with E-state index in [1.54, 1.807) is 0 Å². The quantitative estimate of drug-likeness (QED) is 0.769. The molecule has 6 heteroatoms. The number of hydrogen-bond donors (Lipinski definition) is 1. The van der Waals surface area contributed by atoms with Crippen molar-refractivity contribution in [2.45, 2.75) is 38.6 Å². The maximum Gasteiger partial charge on any atom is 0.211 e. The molecule has 1 saturated heterocycles. The van der Waals surface area contributed by atoms with Crippen molar-refractivity contribution in [2.75, 3.05) is 18.9 Å². The van der Waals surface area contributed by atoms with Crippen LogP contribution in [0.1, 0.15) is 26.7 Å². The van der Waals surface area contributed by atoms with Gasteiger partial charge in [0.25, 0.3) is 0 Å². The lowest BCUT2D eigenvalue weighted by Crippen LogP contribution is -2.36. The Morgan fingerprint density at radius 2 is 2.06 bits per heavy atom. The Hall–Kier alpha value is -0.170. The molecule has 94 valence electrons. The maximum atomic E-state index is 11.6. The van der Waals surface area contributed by atoms with Crippen molar-refractivity contribution >= 4 is 10.0 Å². The SMILES string of the molecule is CC1(C)OCC(CNS(=O)(=O)CC2CC2)O1. The van der Waals surface area contributed by atoms with Crippen molar-refractivity contribution < 1.29 is 17.9 Å². The number of hydrogen-bond acceptors (Lipinski definition) is 4. The van der Waals surface area contributed by atoms with Gasteiger partial charge in [-0.3, -0.25) is 0 Å². The Kier molecular flexibility index (Phi) is 3.27. The molecule has 0 amide bonds. The highest BCUT2D eigenvalue weighted by Gasteiger charge is 2.34. The van der Waals surface area contributed by atoms with E-state index in [1.165, 1.54) is 0 Å². The third-order valence-corrected chi connectivity index (χ3v) is 4.27. The van der Waals surface area contributed by atoms with Crippen molar-refractivity contribution in [1.82, 2.24) is 4.72 Å². The molecule has 1 N–H and O–H groups in total. The van der Waals surface area contributed by atoms with Gasteiger partial charge in [0.15, 0.2) is 5.79 Å². The highest BCUT2D eigenvalue weighted by atomic mass is 32.2. The summed E-state index contributed by atoms with van der Waals surface area (Å²) in [7, 11) is -3.13. The summed E-state index contributed by atoms with van der Waals surface area (Å²) in [4.78, 5) is 0. The Morgan fingerprint density at radius 1 is 1.38 bits per heavy atom. The molecule has 2 rings (SSSR count). The van der Waals surface area contributed by atoms with Crippen LogP contribution in [-0.2, 0) is 19.5 Å². The average molecular weight is 249 g/mol. The molecule has 1 unspecified atom stereocenters. The predicted octanol–water partition coefficient (Wildman–Crippen LogP) is 0.467. The van der Waals surface area contributed by atoms with E-state index in [4.69, 9.17) is 9.47 Å². The number of nitrogens with one attached hydrogen (secondary N) is 1. The van der Waals surface area contributed by atoms with Crippen LogP contribution >= 0.6 is 0 Å². The number of rotatable bonds is 5. The van der Waals surface area contributed by atoms with Crippen LogP contribution in [0.25, 0.3) is 0 Å². The van der Waals surface area contributed by atoms with Gasteiger partial charge in [0.1, 0.15) is 0 Å². The summed E-state index contributed by atoms with van der Waals surface area (Å²) in [6.45, 7) is 4.40. The first-order valence-corrected chi connectivity index (χ1v) is 7.31. The molecule has 2 fully saturated rings. The van der Waals surface area contributed by atoms with E-state index in [0.717, 1.165) is 12.8 Å². The molecule has 0 aromatic carbocycles. The molecule has 1 heterocycles. The van der Waals surface area contributed by atoms with E-state index >= 15 is 0 Å². The molecule has 1 saturated carbocycles. The highest BCUT2D eigenvalue weighted by molar-refractivity contribution is 7.89. The first kappa shape index (κ1) is 12.3. The number of ether oxygens (including phenoxy) is 2. The van der Waals surface area contributed by atoms with Crippen LogP contribution in [-0.4, -0.2) is 39.2 Å². The predicted molar refractivity (Wildman–Crippen MR) is 59.4 cm³/mol. The smallest absolute Gasteiger partial charge is 0.211 e. The molecule has 1 aliphatic carbocycles. The van der Waals surface area contributed by atoms with E-state index in [0.29, 0.717) is 19.1 Å². The van der Waals surface area contributed by atoms with Gasteiger partial charge in [0, 0.05) is 6.54 Å². The Balaban J connectivity index is 1.74. The molecule has 1 atom stereocenters. The third-order valence-electron chi connectivity index (χ3n) is 2.75. The lowest BCUT2D eigenvalue weighted by atomic mass is 10.4. The van der Waals surface area contributed by atoms with Gasteiger partial charge in [-0.2, -0.15) is 0 Å². The van der Waals surface area contributed by atoms with Crippen molar-refractivity contribution in [3.63, 3.8) is 0 Å². The summed E-state index contributed by atoms with van der Waals surface area (Å²) in [6.07, 6.45) is 1.90. The van der Waals surface area contributed by atoms with Gasteiger partial charge in [-0.15, -0.1) is 0 Å². The normalized spacial score (nSPS) is 29.5. The molecule has 16 heavy (non-hydrogen) atoms. The van der Waals surface area contributed by atoms with Gasteiger partial charge >= 0.3 is 0 Å². The van der Waals surface area contributed by atoms with E-state index in [9.17, 15) is 8.42 Å². The summed E-state index contributed by atoms with van der Waals surface area (Å²) in [5.74, 6) is 0.0333. The van der Waals surface area contributed by atoms with E-state index in [1.807, 2.05) is 13.8 Å². The van der Waals surface area contributed by atoms with Crippen LogP contribution in [0.5, 0.6) is 0 Å². The molecule has 0 radical (unpaired) electrons. The minimum atomic E-state index is -3.13. The zero-order valence-electron chi connectivity index (χ0n) is 9.73. The molecule has 0 bridgehead atoms. The van der Waals surface area contributed by atoms with Gasteiger partial charge in [-0.1, -0.05) is 0 Å². The monoisotopic (exact) mass is 249 g/mol. The zero-order chi connectivity index (χ0) is 11.8. The molecule has 0 aromatic heterocycles. The van der Waals surface area contributed by atoms with Crippen LogP contribution in [0.3, 0.4) is 0 Å². The highest BCUT2D eigenvalue weighted by Crippen LogP contribution is 2.30. The maximum absolute atomic E-state index is 11.6. The fourth-order valence-corrected chi connectivity index (χ4v) is 3.25. The molecule has 1 aliphatic heterocycles. The van der Waals surface area contributed by atoms with Gasteiger partial charge in [0.05, 0.1) is 18.5 Å². The van der Waals surface area contributed by atoms with Gasteiger partial charge < -0.3 is 9.47 Å². The topological polar surface area (TPSA) is 64.6 Å². The summed E-state index contributed by atoms with van der Waals surface area (Å²) in [5.41, 5.74) is 0.